The summed E-state index contributed by atoms with van der Waals surface area (Å²) >= 11 is 0. The number of pyridine rings is 1. The SMILES string of the molecule is Cc1cccnc1C(=O)NC(CO)c1ccccc1. The lowest BCUT2D eigenvalue weighted by atomic mass is 10.1. The highest BCUT2D eigenvalue weighted by atomic mass is 16.3. The van der Waals surface area contributed by atoms with Crippen molar-refractivity contribution in [1.82, 2.24) is 10.3 Å². The smallest absolute Gasteiger partial charge is 0.270 e. The van der Waals surface area contributed by atoms with Crippen molar-refractivity contribution < 1.29 is 9.90 Å². The molecule has 1 atom stereocenters. The average molecular weight is 256 g/mol. The first-order valence-corrected chi connectivity index (χ1v) is 6.10. The van der Waals surface area contributed by atoms with Gasteiger partial charge in [0.05, 0.1) is 12.6 Å². The monoisotopic (exact) mass is 256 g/mol. The summed E-state index contributed by atoms with van der Waals surface area (Å²) in [5.41, 5.74) is 2.06. The molecule has 4 heteroatoms. The van der Waals surface area contributed by atoms with Gasteiger partial charge in [-0.1, -0.05) is 36.4 Å². The molecule has 0 spiro atoms. The normalized spacial score (nSPS) is 11.9. The molecule has 0 saturated heterocycles. The summed E-state index contributed by atoms with van der Waals surface area (Å²) in [6.07, 6.45) is 1.58. The number of benzene rings is 1. The Kier molecular flexibility index (Phi) is 4.26. The number of carbonyl (C=O) groups is 1. The maximum atomic E-state index is 12.1. The van der Waals surface area contributed by atoms with Gasteiger partial charge in [-0.05, 0) is 24.1 Å². The molecule has 0 aliphatic rings. The predicted molar refractivity (Wildman–Crippen MR) is 72.7 cm³/mol. The van der Waals surface area contributed by atoms with E-state index in [1.165, 1.54) is 0 Å². The van der Waals surface area contributed by atoms with Crippen LogP contribution in [0.5, 0.6) is 0 Å². The van der Waals surface area contributed by atoms with E-state index in [1.54, 1.807) is 12.3 Å². The molecule has 0 bridgehead atoms. The quantitative estimate of drug-likeness (QED) is 0.877. The summed E-state index contributed by atoms with van der Waals surface area (Å²) in [5, 5.41) is 12.2. The van der Waals surface area contributed by atoms with E-state index in [1.807, 2.05) is 43.3 Å². The predicted octanol–water partition coefficient (Wildman–Crippen LogP) is 1.85. The highest BCUT2D eigenvalue weighted by Crippen LogP contribution is 2.13. The Morgan fingerprint density at radius 2 is 2.00 bits per heavy atom. The first kappa shape index (κ1) is 13.2. The van der Waals surface area contributed by atoms with E-state index >= 15 is 0 Å². The van der Waals surface area contributed by atoms with E-state index < -0.39 is 6.04 Å². The number of aliphatic hydroxyl groups excluding tert-OH is 1. The average Bonchev–Trinajstić information content (AvgIpc) is 2.46. The van der Waals surface area contributed by atoms with Crippen molar-refractivity contribution in [3.63, 3.8) is 0 Å². The van der Waals surface area contributed by atoms with Crippen molar-refractivity contribution >= 4 is 5.91 Å². The van der Waals surface area contributed by atoms with Crippen molar-refractivity contribution in [2.45, 2.75) is 13.0 Å². The molecule has 0 radical (unpaired) electrons. The number of aromatic nitrogens is 1. The highest BCUT2D eigenvalue weighted by Gasteiger charge is 2.16. The van der Waals surface area contributed by atoms with Crippen molar-refractivity contribution in [3.8, 4) is 0 Å². The van der Waals surface area contributed by atoms with Crippen LogP contribution in [0.25, 0.3) is 0 Å². The largest absolute Gasteiger partial charge is 0.394 e. The minimum atomic E-state index is -0.421. The molecule has 1 amide bonds. The van der Waals surface area contributed by atoms with Crippen molar-refractivity contribution in [3.05, 3.63) is 65.5 Å². The van der Waals surface area contributed by atoms with Crippen LogP contribution in [0.1, 0.15) is 27.7 Å². The third-order valence-electron chi connectivity index (χ3n) is 2.91. The molecule has 2 aromatic rings. The third-order valence-corrected chi connectivity index (χ3v) is 2.91. The Morgan fingerprint density at radius 3 is 2.63 bits per heavy atom. The summed E-state index contributed by atoms with van der Waals surface area (Å²) in [6.45, 7) is 1.68. The minimum Gasteiger partial charge on any atom is -0.394 e. The number of carbonyl (C=O) groups excluding carboxylic acids is 1. The number of rotatable bonds is 4. The van der Waals surface area contributed by atoms with E-state index in [9.17, 15) is 9.90 Å². The van der Waals surface area contributed by atoms with Crippen LogP contribution in [0.15, 0.2) is 48.7 Å². The van der Waals surface area contributed by atoms with Gasteiger partial charge in [0, 0.05) is 6.20 Å². The summed E-state index contributed by atoms with van der Waals surface area (Å²) in [4.78, 5) is 16.2. The summed E-state index contributed by atoms with van der Waals surface area (Å²) in [6, 6.07) is 12.6. The number of nitrogens with one attached hydrogen (secondary N) is 1. The van der Waals surface area contributed by atoms with Crippen LogP contribution < -0.4 is 5.32 Å². The molecular weight excluding hydrogens is 240 g/mol. The van der Waals surface area contributed by atoms with Crippen LogP contribution in [-0.4, -0.2) is 22.6 Å². The van der Waals surface area contributed by atoms with Gasteiger partial charge in [-0.3, -0.25) is 9.78 Å². The number of hydrogen-bond acceptors (Lipinski definition) is 3. The molecule has 0 aliphatic heterocycles. The van der Waals surface area contributed by atoms with Gasteiger partial charge in [0.2, 0.25) is 0 Å². The van der Waals surface area contributed by atoms with Crippen molar-refractivity contribution in [2.75, 3.05) is 6.61 Å². The molecule has 0 aliphatic carbocycles. The van der Waals surface area contributed by atoms with Gasteiger partial charge in [-0.2, -0.15) is 0 Å². The van der Waals surface area contributed by atoms with E-state index in [0.29, 0.717) is 5.69 Å². The van der Waals surface area contributed by atoms with Gasteiger partial charge in [0.25, 0.3) is 5.91 Å². The Balaban J connectivity index is 2.16. The lowest BCUT2D eigenvalue weighted by molar-refractivity contribution is 0.0910. The zero-order chi connectivity index (χ0) is 13.7. The Bertz CT molecular complexity index is 555. The maximum Gasteiger partial charge on any atom is 0.270 e. The van der Waals surface area contributed by atoms with Gasteiger partial charge in [-0.25, -0.2) is 0 Å². The molecule has 2 N–H and O–H groups in total. The number of hydrogen-bond donors (Lipinski definition) is 2. The van der Waals surface area contributed by atoms with Crippen LogP contribution in [0.4, 0.5) is 0 Å². The molecular formula is C15H16N2O2. The van der Waals surface area contributed by atoms with Crippen LogP contribution in [0, 0.1) is 6.92 Å². The molecule has 19 heavy (non-hydrogen) atoms. The second kappa shape index (κ2) is 6.11. The summed E-state index contributed by atoms with van der Waals surface area (Å²) in [5.74, 6) is -0.277. The van der Waals surface area contributed by atoms with E-state index in [4.69, 9.17) is 0 Å². The molecule has 1 aromatic heterocycles. The van der Waals surface area contributed by atoms with Crippen molar-refractivity contribution in [1.29, 1.82) is 0 Å². The lowest BCUT2D eigenvalue weighted by Gasteiger charge is -2.16. The fourth-order valence-corrected chi connectivity index (χ4v) is 1.87. The molecule has 2 rings (SSSR count). The molecule has 1 heterocycles. The van der Waals surface area contributed by atoms with Gasteiger partial charge < -0.3 is 10.4 Å². The van der Waals surface area contributed by atoms with Crippen LogP contribution in [0.3, 0.4) is 0 Å². The van der Waals surface area contributed by atoms with Crippen LogP contribution in [-0.2, 0) is 0 Å². The molecule has 0 saturated carbocycles. The maximum absolute atomic E-state index is 12.1. The zero-order valence-electron chi connectivity index (χ0n) is 10.7. The minimum absolute atomic E-state index is 0.151. The summed E-state index contributed by atoms with van der Waals surface area (Å²) in [7, 11) is 0. The second-order valence-corrected chi connectivity index (χ2v) is 4.29. The zero-order valence-corrected chi connectivity index (χ0v) is 10.7. The van der Waals surface area contributed by atoms with E-state index in [2.05, 4.69) is 10.3 Å². The number of aliphatic hydroxyl groups is 1. The first-order chi connectivity index (χ1) is 9.22. The fraction of sp³-hybridized carbons (Fsp3) is 0.200. The topological polar surface area (TPSA) is 62.2 Å². The van der Waals surface area contributed by atoms with Crippen LogP contribution in [0.2, 0.25) is 0 Å². The van der Waals surface area contributed by atoms with E-state index in [0.717, 1.165) is 11.1 Å². The Hall–Kier alpha value is -2.20. The van der Waals surface area contributed by atoms with Crippen molar-refractivity contribution in [2.24, 2.45) is 0 Å². The molecule has 4 nitrogen and oxygen atoms in total. The Labute approximate surface area is 112 Å². The number of nitrogens with zero attached hydrogens (tertiary/aromatic N) is 1. The van der Waals surface area contributed by atoms with Gasteiger partial charge in [0.1, 0.15) is 5.69 Å². The van der Waals surface area contributed by atoms with Gasteiger partial charge >= 0.3 is 0 Å². The van der Waals surface area contributed by atoms with Gasteiger partial charge in [0.15, 0.2) is 0 Å². The first-order valence-electron chi connectivity index (χ1n) is 6.10. The fourth-order valence-electron chi connectivity index (χ4n) is 1.87. The third kappa shape index (κ3) is 3.17. The Morgan fingerprint density at radius 1 is 1.26 bits per heavy atom. The summed E-state index contributed by atoms with van der Waals surface area (Å²) < 4.78 is 0. The number of amides is 1. The molecule has 98 valence electrons. The van der Waals surface area contributed by atoms with E-state index in [-0.39, 0.29) is 12.5 Å². The molecule has 0 fully saturated rings. The molecule has 1 aromatic carbocycles. The van der Waals surface area contributed by atoms with Gasteiger partial charge in [-0.15, -0.1) is 0 Å². The second-order valence-electron chi connectivity index (χ2n) is 4.29. The van der Waals surface area contributed by atoms with Crippen LogP contribution >= 0.6 is 0 Å². The standard InChI is InChI=1S/C15H16N2O2/c1-11-6-5-9-16-14(11)15(19)17-13(10-18)12-7-3-2-4-8-12/h2-9,13,18H,10H2,1H3,(H,17,19). The number of aryl methyl sites for hydroxylation is 1. The highest BCUT2D eigenvalue weighted by molar-refractivity contribution is 5.93. The lowest BCUT2D eigenvalue weighted by Crippen LogP contribution is -2.31. The molecule has 1 unspecified atom stereocenters.